The maximum absolute atomic E-state index is 13.3. The second-order valence-electron chi connectivity index (χ2n) is 7.35. The zero-order valence-corrected chi connectivity index (χ0v) is 16.8. The highest BCUT2D eigenvalue weighted by Gasteiger charge is 2.37. The molecule has 1 aromatic rings. The van der Waals surface area contributed by atoms with Crippen LogP contribution in [0, 0.1) is 0 Å². The van der Waals surface area contributed by atoms with E-state index in [4.69, 9.17) is 16.2 Å². The van der Waals surface area contributed by atoms with Gasteiger partial charge in [0.25, 0.3) is 11.8 Å². The first kappa shape index (κ1) is 20.5. The molecule has 3 amide bonds. The van der Waals surface area contributed by atoms with E-state index in [-0.39, 0.29) is 40.2 Å². The minimum absolute atomic E-state index is 0.0162. The molecular formula is C18H27N5O4S. The predicted molar refractivity (Wildman–Crippen MR) is 105 cm³/mol. The fourth-order valence-electron chi connectivity index (χ4n) is 3.88. The second-order valence-corrected chi connectivity index (χ2v) is 8.12. The fourth-order valence-corrected chi connectivity index (χ4v) is 4.63. The first-order chi connectivity index (χ1) is 13.4. The quantitative estimate of drug-likeness (QED) is 0.611. The van der Waals surface area contributed by atoms with Gasteiger partial charge in [-0.25, -0.2) is 0 Å². The summed E-state index contributed by atoms with van der Waals surface area (Å²) >= 11 is 0.844. The third-order valence-electron chi connectivity index (χ3n) is 5.43. The zero-order chi connectivity index (χ0) is 20.3. The average Bonchev–Trinajstić information content (AvgIpc) is 3.41. The minimum Gasteiger partial charge on any atom is -0.395 e. The van der Waals surface area contributed by atoms with Crippen molar-refractivity contribution < 1.29 is 19.1 Å². The molecule has 1 saturated heterocycles. The van der Waals surface area contributed by atoms with Crippen LogP contribution in [0.15, 0.2) is 0 Å². The molecule has 10 heteroatoms. The molecule has 9 nitrogen and oxygen atoms in total. The van der Waals surface area contributed by atoms with E-state index in [9.17, 15) is 14.4 Å². The van der Waals surface area contributed by atoms with E-state index in [1.807, 2.05) is 0 Å². The van der Waals surface area contributed by atoms with Crippen LogP contribution >= 0.6 is 11.5 Å². The topological polar surface area (TPSA) is 141 Å². The SMILES string of the molecule is C[C@@H](C(=O)NC[C@@H]1CCCO1)N(C(=O)c1snc(C(N)=O)c1N)C1CCCC1. The first-order valence-electron chi connectivity index (χ1n) is 9.67. The summed E-state index contributed by atoms with van der Waals surface area (Å²) in [4.78, 5) is 39.2. The fraction of sp³-hybridized carbons (Fsp3) is 0.667. The summed E-state index contributed by atoms with van der Waals surface area (Å²) in [6, 6.07) is -0.718. The van der Waals surface area contributed by atoms with E-state index < -0.39 is 11.9 Å². The highest BCUT2D eigenvalue weighted by Crippen LogP contribution is 2.30. The number of ether oxygens (including phenoxy) is 1. The minimum atomic E-state index is -0.775. The average molecular weight is 410 g/mol. The molecule has 0 unspecified atom stereocenters. The van der Waals surface area contributed by atoms with E-state index >= 15 is 0 Å². The van der Waals surface area contributed by atoms with Crippen molar-refractivity contribution >= 4 is 34.9 Å². The van der Waals surface area contributed by atoms with Crippen molar-refractivity contribution in [3.63, 3.8) is 0 Å². The third-order valence-corrected chi connectivity index (χ3v) is 6.28. The van der Waals surface area contributed by atoms with Crippen LogP contribution in [0.2, 0.25) is 0 Å². The molecule has 2 fully saturated rings. The molecule has 1 aromatic heterocycles. The van der Waals surface area contributed by atoms with Crippen LogP contribution in [0.25, 0.3) is 0 Å². The summed E-state index contributed by atoms with van der Waals surface area (Å²) in [5, 5.41) is 2.90. The normalized spacial score (nSPS) is 20.8. The van der Waals surface area contributed by atoms with Gasteiger partial charge in [0.2, 0.25) is 5.91 Å². The molecule has 3 rings (SSSR count). The molecule has 1 aliphatic carbocycles. The van der Waals surface area contributed by atoms with E-state index in [1.54, 1.807) is 11.8 Å². The Labute approximate surface area is 167 Å². The number of nitrogen functional groups attached to an aromatic ring is 1. The van der Waals surface area contributed by atoms with E-state index in [0.717, 1.165) is 56.7 Å². The lowest BCUT2D eigenvalue weighted by molar-refractivity contribution is -0.126. The molecule has 154 valence electrons. The van der Waals surface area contributed by atoms with Crippen LogP contribution in [0.5, 0.6) is 0 Å². The van der Waals surface area contributed by atoms with Gasteiger partial charge in [-0.2, -0.15) is 4.37 Å². The van der Waals surface area contributed by atoms with Crippen molar-refractivity contribution in [2.75, 3.05) is 18.9 Å². The standard InChI is InChI=1S/C18H27N5O4S/c1-10(17(25)21-9-12-7-4-8-27-12)23(11-5-2-3-6-11)18(26)15-13(19)14(16(20)24)22-28-15/h10-12H,2-9,19H2,1H3,(H2,20,24)(H,21,25)/t10-,12-/m0/s1. The van der Waals surface area contributed by atoms with Crippen molar-refractivity contribution in [2.24, 2.45) is 5.73 Å². The summed E-state index contributed by atoms with van der Waals surface area (Å²) in [6.45, 7) is 2.87. The Balaban J connectivity index is 1.77. The predicted octanol–water partition coefficient (Wildman–Crippen LogP) is 0.893. The van der Waals surface area contributed by atoms with Crippen LogP contribution in [-0.2, 0) is 9.53 Å². The summed E-state index contributed by atoms with van der Waals surface area (Å²) in [7, 11) is 0. The van der Waals surface area contributed by atoms with Crippen LogP contribution in [-0.4, -0.2) is 58.3 Å². The van der Waals surface area contributed by atoms with Gasteiger partial charge in [0, 0.05) is 19.2 Å². The Kier molecular flexibility index (Phi) is 6.50. The maximum Gasteiger partial charge on any atom is 0.270 e. The van der Waals surface area contributed by atoms with Crippen LogP contribution in [0.1, 0.15) is 65.6 Å². The molecule has 0 bridgehead atoms. The number of anilines is 1. The number of primary amides is 1. The second kappa shape index (κ2) is 8.87. The van der Waals surface area contributed by atoms with Crippen molar-refractivity contribution in [3.8, 4) is 0 Å². The number of rotatable bonds is 7. The number of amides is 3. The molecule has 2 heterocycles. The first-order valence-corrected chi connectivity index (χ1v) is 10.4. The smallest absolute Gasteiger partial charge is 0.270 e. The number of aromatic nitrogens is 1. The Hall–Kier alpha value is -2.20. The lowest BCUT2D eigenvalue weighted by Gasteiger charge is -2.33. The van der Waals surface area contributed by atoms with Gasteiger partial charge in [-0.1, -0.05) is 12.8 Å². The summed E-state index contributed by atoms with van der Waals surface area (Å²) in [6.07, 6.45) is 5.62. The molecule has 0 spiro atoms. The van der Waals surface area contributed by atoms with Gasteiger partial charge >= 0.3 is 0 Å². The van der Waals surface area contributed by atoms with Crippen LogP contribution in [0.4, 0.5) is 5.69 Å². The largest absolute Gasteiger partial charge is 0.395 e. The Morgan fingerprint density at radius 2 is 2.00 bits per heavy atom. The number of nitrogens with one attached hydrogen (secondary N) is 1. The number of nitrogens with two attached hydrogens (primary N) is 2. The molecular weight excluding hydrogens is 382 g/mol. The van der Waals surface area contributed by atoms with Gasteiger partial charge in [0.05, 0.1) is 11.8 Å². The van der Waals surface area contributed by atoms with Gasteiger partial charge in [0.15, 0.2) is 5.69 Å². The zero-order valence-electron chi connectivity index (χ0n) is 16.0. The van der Waals surface area contributed by atoms with Crippen LogP contribution < -0.4 is 16.8 Å². The summed E-state index contributed by atoms with van der Waals surface area (Å²) < 4.78 is 9.45. The lowest BCUT2D eigenvalue weighted by atomic mass is 10.1. The monoisotopic (exact) mass is 409 g/mol. The highest BCUT2D eigenvalue weighted by atomic mass is 32.1. The number of carbonyl (C=O) groups is 3. The number of carbonyl (C=O) groups excluding carboxylic acids is 3. The number of nitrogens with zero attached hydrogens (tertiary/aromatic N) is 2. The Morgan fingerprint density at radius 1 is 1.29 bits per heavy atom. The molecule has 0 aromatic carbocycles. The maximum atomic E-state index is 13.3. The van der Waals surface area contributed by atoms with Gasteiger partial charge in [-0.15, -0.1) is 0 Å². The van der Waals surface area contributed by atoms with Crippen molar-refractivity contribution in [3.05, 3.63) is 10.6 Å². The molecule has 0 radical (unpaired) electrons. The highest BCUT2D eigenvalue weighted by molar-refractivity contribution is 7.09. The number of hydrogen-bond acceptors (Lipinski definition) is 7. The third kappa shape index (κ3) is 4.27. The van der Waals surface area contributed by atoms with Gasteiger partial charge in [-0.3, -0.25) is 14.4 Å². The Bertz CT molecular complexity index is 740. The molecule has 1 saturated carbocycles. The van der Waals surface area contributed by atoms with E-state index in [1.165, 1.54) is 0 Å². The summed E-state index contributed by atoms with van der Waals surface area (Å²) in [5.41, 5.74) is 11.1. The van der Waals surface area contributed by atoms with Crippen molar-refractivity contribution in [2.45, 2.75) is 63.6 Å². The van der Waals surface area contributed by atoms with Crippen molar-refractivity contribution in [1.29, 1.82) is 0 Å². The van der Waals surface area contributed by atoms with Crippen LogP contribution in [0.3, 0.4) is 0 Å². The summed E-state index contributed by atoms with van der Waals surface area (Å²) in [5.74, 6) is -1.38. The van der Waals surface area contributed by atoms with Crippen molar-refractivity contribution in [1.82, 2.24) is 14.6 Å². The molecule has 5 N–H and O–H groups in total. The van der Waals surface area contributed by atoms with Gasteiger partial charge < -0.3 is 26.4 Å². The lowest BCUT2D eigenvalue weighted by Crippen LogP contribution is -2.52. The van der Waals surface area contributed by atoms with Gasteiger partial charge in [0.1, 0.15) is 10.9 Å². The Morgan fingerprint density at radius 3 is 2.57 bits per heavy atom. The molecule has 1 aliphatic heterocycles. The van der Waals surface area contributed by atoms with E-state index in [2.05, 4.69) is 9.69 Å². The number of hydrogen-bond donors (Lipinski definition) is 3. The molecule has 2 atom stereocenters. The van der Waals surface area contributed by atoms with Gasteiger partial charge in [-0.05, 0) is 44.1 Å². The molecule has 2 aliphatic rings. The van der Waals surface area contributed by atoms with E-state index in [0.29, 0.717) is 6.54 Å². The molecule has 28 heavy (non-hydrogen) atoms.